The first kappa shape index (κ1) is 23.1. The molecule has 0 fully saturated rings. The van der Waals surface area contributed by atoms with Crippen molar-refractivity contribution >= 4 is 0 Å². The molecule has 0 aromatic heterocycles. The molecule has 4 heteroatoms. The maximum Gasteiger partial charge on any atom is 0.160 e. The van der Waals surface area contributed by atoms with E-state index in [-0.39, 0.29) is 11.5 Å². The lowest BCUT2D eigenvalue weighted by atomic mass is 9.79. The second-order valence-electron chi connectivity index (χ2n) is 8.73. The normalized spacial score (nSPS) is 15.0. The van der Waals surface area contributed by atoms with E-state index in [0.717, 1.165) is 53.6 Å². The van der Waals surface area contributed by atoms with Crippen molar-refractivity contribution in [1.82, 2.24) is 0 Å². The van der Waals surface area contributed by atoms with E-state index in [2.05, 4.69) is 18.8 Å². The summed E-state index contributed by atoms with van der Waals surface area (Å²) in [6, 6.07) is 12.4. The van der Waals surface area contributed by atoms with E-state index in [4.69, 9.17) is 0 Å². The Hall–Kier alpha value is -3.06. The summed E-state index contributed by atoms with van der Waals surface area (Å²) in [5.41, 5.74) is 4.27. The number of rotatable bonds is 5. The Bertz CT molecular complexity index is 1190. The molecule has 0 N–H and O–H groups in total. The standard InChI is InChI=1S/C29H26F4/c1-2-3-4-5-21-16-27(32)29(28(33)17-21)24-12-11-22-14-19(8-10-23(22)18-24)6-7-20-9-13-25(30)26(31)15-20/h8-10,13-17,24H,2-5,11-12,18H2,1H3. The minimum Gasteiger partial charge on any atom is -0.207 e. The van der Waals surface area contributed by atoms with E-state index in [9.17, 15) is 17.6 Å². The van der Waals surface area contributed by atoms with Gasteiger partial charge >= 0.3 is 0 Å². The summed E-state index contributed by atoms with van der Waals surface area (Å²) in [4.78, 5) is 0. The van der Waals surface area contributed by atoms with E-state index in [1.54, 1.807) is 0 Å². The number of unbranched alkanes of at least 4 members (excludes halogenated alkanes) is 2. The lowest BCUT2D eigenvalue weighted by molar-refractivity contribution is 0.489. The topological polar surface area (TPSA) is 0 Å². The zero-order chi connectivity index (χ0) is 23.4. The van der Waals surface area contributed by atoms with Gasteiger partial charge in [0, 0.05) is 16.7 Å². The summed E-state index contributed by atoms with van der Waals surface area (Å²) in [5, 5.41) is 0. The van der Waals surface area contributed by atoms with Crippen molar-refractivity contribution in [2.45, 2.75) is 57.8 Å². The van der Waals surface area contributed by atoms with E-state index >= 15 is 0 Å². The number of hydrogen-bond acceptors (Lipinski definition) is 0. The maximum atomic E-state index is 14.9. The van der Waals surface area contributed by atoms with Crippen molar-refractivity contribution < 1.29 is 17.6 Å². The van der Waals surface area contributed by atoms with Gasteiger partial charge in [-0.25, -0.2) is 17.6 Å². The molecule has 1 atom stereocenters. The Morgan fingerprint density at radius 2 is 1.45 bits per heavy atom. The second-order valence-corrected chi connectivity index (χ2v) is 8.73. The van der Waals surface area contributed by atoms with Crippen LogP contribution >= 0.6 is 0 Å². The Morgan fingerprint density at radius 1 is 0.758 bits per heavy atom. The molecule has 0 radical (unpaired) electrons. The van der Waals surface area contributed by atoms with Gasteiger partial charge in [-0.05, 0) is 97.2 Å². The van der Waals surface area contributed by atoms with Gasteiger partial charge in [0.05, 0.1) is 0 Å². The summed E-state index contributed by atoms with van der Waals surface area (Å²) in [7, 11) is 0. The number of aryl methyl sites for hydroxylation is 2. The predicted octanol–water partition coefficient (Wildman–Crippen LogP) is 7.65. The van der Waals surface area contributed by atoms with Gasteiger partial charge in [0.2, 0.25) is 0 Å². The first-order chi connectivity index (χ1) is 15.9. The smallest absolute Gasteiger partial charge is 0.160 e. The second kappa shape index (κ2) is 10.3. The Balaban J connectivity index is 1.50. The average Bonchev–Trinajstić information content (AvgIpc) is 2.79. The highest BCUT2D eigenvalue weighted by Gasteiger charge is 2.26. The molecule has 0 spiro atoms. The molecule has 0 aliphatic heterocycles. The van der Waals surface area contributed by atoms with E-state index in [0.29, 0.717) is 31.2 Å². The molecule has 3 aromatic rings. The Labute approximate surface area is 192 Å². The van der Waals surface area contributed by atoms with Crippen LogP contribution in [0.5, 0.6) is 0 Å². The summed E-state index contributed by atoms with van der Waals surface area (Å²) < 4.78 is 56.1. The minimum absolute atomic E-state index is 0.193. The van der Waals surface area contributed by atoms with Crippen LogP contribution in [0.4, 0.5) is 17.6 Å². The molecule has 170 valence electrons. The largest absolute Gasteiger partial charge is 0.207 e. The van der Waals surface area contributed by atoms with Gasteiger partial charge in [-0.3, -0.25) is 0 Å². The summed E-state index contributed by atoms with van der Waals surface area (Å²) >= 11 is 0. The van der Waals surface area contributed by atoms with Crippen LogP contribution < -0.4 is 0 Å². The highest BCUT2D eigenvalue weighted by Crippen LogP contribution is 2.36. The number of hydrogen-bond donors (Lipinski definition) is 0. The first-order valence-corrected chi connectivity index (χ1v) is 11.5. The van der Waals surface area contributed by atoms with Crippen LogP contribution in [0.15, 0.2) is 48.5 Å². The first-order valence-electron chi connectivity index (χ1n) is 11.5. The molecule has 0 heterocycles. The molecular weight excluding hydrogens is 424 g/mol. The van der Waals surface area contributed by atoms with Crippen LogP contribution in [0.1, 0.15) is 71.9 Å². The third-order valence-electron chi connectivity index (χ3n) is 6.32. The zero-order valence-corrected chi connectivity index (χ0v) is 18.7. The van der Waals surface area contributed by atoms with Gasteiger partial charge < -0.3 is 0 Å². The molecular formula is C29H26F4. The van der Waals surface area contributed by atoms with Gasteiger partial charge in [0.1, 0.15) is 11.6 Å². The molecule has 0 amide bonds. The SMILES string of the molecule is CCCCCc1cc(F)c(C2CCc3cc(C#Cc4ccc(F)c(F)c4)ccc3C2)c(F)c1. The van der Waals surface area contributed by atoms with Crippen molar-refractivity contribution in [3.63, 3.8) is 0 Å². The third-order valence-corrected chi connectivity index (χ3v) is 6.32. The van der Waals surface area contributed by atoms with Crippen molar-refractivity contribution in [2.24, 2.45) is 0 Å². The van der Waals surface area contributed by atoms with Gasteiger partial charge in [-0.2, -0.15) is 0 Å². The molecule has 0 nitrogen and oxygen atoms in total. The molecule has 1 aliphatic carbocycles. The fourth-order valence-corrected chi connectivity index (χ4v) is 4.55. The molecule has 4 rings (SSSR count). The maximum absolute atomic E-state index is 14.9. The van der Waals surface area contributed by atoms with Crippen LogP contribution in [0.3, 0.4) is 0 Å². The fraction of sp³-hybridized carbons (Fsp3) is 0.310. The van der Waals surface area contributed by atoms with E-state index in [1.165, 1.54) is 18.2 Å². The van der Waals surface area contributed by atoms with Crippen LogP contribution in [-0.4, -0.2) is 0 Å². The van der Waals surface area contributed by atoms with E-state index in [1.807, 2.05) is 18.2 Å². The molecule has 1 aliphatic rings. The van der Waals surface area contributed by atoms with Crippen LogP contribution in [-0.2, 0) is 19.3 Å². The van der Waals surface area contributed by atoms with Gasteiger partial charge in [0.15, 0.2) is 11.6 Å². The summed E-state index contributed by atoms with van der Waals surface area (Å²) in [6.45, 7) is 2.10. The molecule has 3 aromatic carbocycles. The predicted molar refractivity (Wildman–Crippen MR) is 123 cm³/mol. The molecule has 33 heavy (non-hydrogen) atoms. The van der Waals surface area contributed by atoms with Gasteiger partial charge in [0.25, 0.3) is 0 Å². The fourth-order valence-electron chi connectivity index (χ4n) is 4.55. The van der Waals surface area contributed by atoms with Gasteiger partial charge in [-0.15, -0.1) is 0 Å². The van der Waals surface area contributed by atoms with Crippen molar-refractivity contribution in [2.75, 3.05) is 0 Å². The monoisotopic (exact) mass is 450 g/mol. The average molecular weight is 451 g/mol. The molecule has 1 unspecified atom stereocenters. The van der Waals surface area contributed by atoms with Crippen molar-refractivity contribution in [3.05, 3.63) is 105 Å². The Kier molecular flexibility index (Phi) is 7.18. The van der Waals surface area contributed by atoms with Crippen LogP contribution in [0.25, 0.3) is 0 Å². The summed E-state index contributed by atoms with van der Waals surface area (Å²) in [6.07, 6.45) is 5.71. The van der Waals surface area contributed by atoms with Crippen molar-refractivity contribution in [1.29, 1.82) is 0 Å². The molecule has 0 saturated heterocycles. The highest BCUT2D eigenvalue weighted by atomic mass is 19.2. The zero-order valence-electron chi connectivity index (χ0n) is 18.7. The number of benzene rings is 3. The third kappa shape index (κ3) is 5.47. The lowest BCUT2D eigenvalue weighted by Crippen LogP contribution is -2.16. The lowest BCUT2D eigenvalue weighted by Gasteiger charge is -2.26. The number of fused-ring (bicyclic) bond motifs is 1. The summed E-state index contributed by atoms with van der Waals surface area (Å²) in [5.74, 6) is 2.94. The quantitative estimate of drug-likeness (QED) is 0.213. The Morgan fingerprint density at radius 3 is 2.15 bits per heavy atom. The van der Waals surface area contributed by atoms with Crippen LogP contribution in [0.2, 0.25) is 0 Å². The minimum atomic E-state index is -0.924. The van der Waals surface area contributed by atoms with E-state index < -0.39 is 23.3 Å². The van der Waals surface area contributed by atoms with Crippen LogP contribution in [0, 0.1) is 35.1 Å². The van der Waals surface area contributed by atoms with Crippen molar-refractivity contribution in [3.8, 4) is 11.8 Å². The molecule has 0 bridgehead atoms. The molecule has 0 saturated carbocycles. The highest BCUT2D eigenvalue weighted by molar-refractivity contribution is 5.47. The van der Waals surface area contributed by atoms with Gasteiger partial charge in [-0.1, -0.05) is 37.7 Å². The number of halogens is 4.